The van der Waals surface area contributed by atoms with Crippen LogP contribution in [0.5, 0.6) is 0 Å². The Balaban J connectivity index is 2.03. The molecule has 0 spiro atoms. The van der Waals surface area contributed by atoms with Gasteiger partial charge in [0.25, 0.3) is 0 Å². The molecule has 24 heavy (non-hydrogen) atoms. The van der Waals surface area contributed by atoms with Crippen molar-refractivity contribution in [3.05, 3.63) is 35.9 Å². The molecule has 0 bridgehead atoms. The molecule has 1 aliphatic rings. The summed E-state index contributed by atoms with van der Waals surface area (Å²) in [6.07, 6.45) is -0.528. The SMILES string of the molecule is CCC(=O)NC[C@@]1(CCCc2ccccc2)N[C@H](CO)[C@@H](O)[C@H]1F. The highest BCUT2D eigenvalue weighted by molar-refractivity contribution is 5.75. The third-order valence-electron chi connectivity index (χ3n) is 4.76. The monoisotopic (exact) mass is 338 g/mol. The molecule has 1 saturated heterocycles. The van der Waals surface area contributed by atoms with E-state index in [1.165, 1.54) is 0 Å². The van der Waals surface area contributed by atoms with Crippen molar-refractivity contribution in [2.45, 2.75) is 56.5 Å². The van der Waals surface area contributed by atoms with Crippen LogP contribution in [0.3, 0.4) is 0 Å². The van der Waals surface area contributed by atoms with Gasteiger partial charge in [0.2, 0.25) is 5.91 Å². The molecule has 134 valence electrons. The fourth-order valence-corrected chi connectivity index (χ4v) is 3.30. The first-order valence-corrected chi connectivity index (χ1v) is 8.53. The van der Waals surface area contributed by atoms with Crippen LogP contribution >= 0.6 is 0 Å². The van der Waals surface area contributed by atoms with Gasteiger partial charge in [-0.2, -0.15) is 0 Å². The third kappa shape index (κ3) is 4.32. The maximum absolute atomic E-state index is 14.8. The van der Waals surface area contributed by atoms with E-state index in [4.69, 9.17) is 0 Å². The Kier molecular flexibility index (Phi) is 6.71. The van der Waals surface area contributed by atoms with Gasteiger partial charge in [0.05, 0.1) is 18.2 Å². The molecule has 0 aromatic heterocycles. The molecule has 1 fully saturated rings. The molecule has 1 aliphatic heterocycles. The molecular weight excluding hydrogens is 311 g/mol. The third-order valence-corrected chi connectivity index (χ3v) is 4.76. The molecule has 6 heteroatoms. The highest BCUT2D eigenvalue weighted by Crippen LogP contribution is 2.32. The Bertz CT molecular complexity index is 528. The number of carbonyl (C=O) groups is 1. The number of amides is 1. The molecule has 1 aromatic carbocycles. The van der Waals surface area contributed by atoms with E-state index in [0.717, 1.165) is 12.0 Å². The van der Waals surface area contributed by atoms with Crippen molar-refractivity contribution in [1.29, 1.82) is 0 Å². The summed E-state index contributed by atoms with van der Waals surface area (Å²) in [5.74, 6) is -0.159. The normalized spacial score (nSPS) is 29.6. The van der Waals surface area contributed by atoms with Gasteiger partial charge in [0.15, 0.2) is 0 Å². The number of carbonyl (C=O) groups excluding carboxylic acids is 1. The lowest BCUT2D eigenvalue weighted by Crippen LogP contribution is -2.56. The first kappa shape index (κ1) is 18.8. The molecule has 2 rings (SSSR count). The number of nitrogens with one attached hydrogen (secondary N) is 2. The summed E-state index contributed by atoms with van der Waals surface area (Å²) >= 11 is 0. The number of benzene rings is 1. The van der Waals surface area contributed by atoms with E-state index in [1.807, 2.05) is 30.3 Å². The molecule has 1 aromatic rings. The van der Waals surface area contributed by atoms with Crippen LogP contribution in [0.15, 0.2) is 30.3 Å². The van der Waals surface area contributed by atoms with Crippen molar-refractivity contribution in [2.24, 2.45) is 0 Å². The van der Waals surface area contributed by atoms with Crippen LogP contribution in [-0.4, -0.2) is 53.1 Å². The molecule has 1 amide bonds. The maximum atomic E-state index is 14.8. The van der Waals surface area contributed by atoms with Gasteiger partial charge in [-0.05, 0) is 24.8 Å². The minimum atomic E-state index is -1.54. The van der Waals surface area contributed by atoms with Crippen LogP contribution < -0.4 is 10.6 Å². The zero-order valence-electron chi connectivity index (χ0n) is 14.0. The number of aryl methyl sites for hydroxylation is 1. The lowest BCUT2D eigenvalue weighted by atomic mass is 9.87. The summed E-state index contributed by atoms with van der Waals surface area (Å²) in [5.41, 5.74) is 0.116. The summed E-state index contributed by atoms with van der Waals surface area (Å²) in [7, 11) is 0. The topological polar surface area (TPSA) is 81.6 Å². The first-order valence-electron chi connectivity index (χ1n) is 8.53. The quantitative estimate of drug-likeness (QED) is 0.569. The number of rotatable bonds is 8. The van der Waals surface area contributed by atoms with Crippen LogP contribution in [0.1, 0.15) is 31.7 Å². The Morgan fingerprint density at radius 1 is 1.38 bits per heavy atom. The fraction of sp³-hybridized carbons (Fsp3) is 0.611. The van der Waals surface area contributed by atoms with Crippen molar-refractivity contribution < 1.29 is 19.4 Å². The minimum Gasteiger partial charge on any atom is -0.395 e. The standard InChI is InChI=1S/C18H27FN2O3/c1-2-15(23)20-12-18(17(19)16(24)14(11-22)21-18)10-6-9-13-7-4-3-5-8-13/h3-5,7-8,14,16-17,21-22,24H,2,6,9-12H2,1H3,(H,20,23)/t14-,16-,17-,18-/m1/s1. The summed E-state index contributed by atoms with van der Waals surface area (Å²) in [6.45, 7) is 1.49. The number of hydrogen-bond acceptors (Lipinski definition) is 4. The van der Waals surface area contributed by atoms with Crippen molar-refractivity contribution in [1.82, 2.24) is 10.6 Å². The molecule has 0 unspecified atom stereocenters. The minimum absolute atomic E-state index is 0.100. The average Bonchev–Trinajstić information content (AvgIpc) is 2.85. The van der Waals surface area contributed by atoms with Crippen molar-refractivity contribution in [2.75, 3.05) is 13.2 Å². The maximum Gasteiger partial charge on any atom is 0.219 e. The van der Waals surface area contributed by atoms with Crippen molar-refractivity contribution in [3.8, 4) is 0 Å². The Labute approximate surface area is 142 Å². The first-order chi connectivity index (χ1) is 11.5. The number of halogens is 1. The van der Waals surface area contributed by atoms with E-state index in [2.05, 4.69) is 10.6 Å². The second-order valence-electron chi connectivity index (χ2n) is 6.45. The van der Waals surface area contributed by atoms with Gasteiger partial charge < -0.3 is 15.5 Å². The van der Waals surface area contributed by atoms with Crippen LogP contribution in [-0.2, 0) is 11.2 Å². The Morgan fingerprint density at radius 3 is 2.67 bits per heavy atom. The highest BCUT2D eigenvalue weighted by atomic mass is 19.1. The van der Waals surface area contributed by atoms with Crippen molar-refractivity contribution >= 4 is 5.91 Å². The van der Waals surface area contributed by atoms with E-state index >= 15 is 0 Å². The predicted octanol–water partition coefficient (Wildman–Crippen LogP) is 0.937. The summed E-state index contributed by atoms with van der Waals surface area (Å²) in [5, 5.41) is 25.1. The summed E-state index contributed by atoms with van der Waals surface area (Å²) in [6, 6.07) is 9.20. The Morgan fingerprint density at radius 2 is 2.08 bits per heavy atom. The van der Waals surface area contributed by atoms with Crippen LogP contribution in [0.2, 0.25) is 0 Å². The molecule has 4 atom stereocenters. The number of alkyl halides is 1. The largest absolute Gasteiger partial charge is 0.395 e. The molecule has 0 saturated carbocycles. The predicted molar refractivity (Wildman–Crippen MR) is 90.3 cm³/mol. The van der Waals surface area contributed by atoms with E-state index in [0.29, 0.717) is 19.3 Å². The molecule has 5 nitrogen and oxygen atoms in total. The lowest BCUT2D eigenvalue weighted by Gasteiger charge is -2.32. The van der Waals surface area contributed by atoms with E-state index in [-0.39, 0.29) is 19.1 Å². The van der Waals surface area contributed by atoms with Gasteiger partial charge in [-0.15, -0.1) is 0 Å². The van der Waals surface area contributed by atoms with E-state index in [1.54, 1.807) is 6.92 Å². The fourth-order valence-electron chi connectivity index (χ4n) is 3.30. The van der Waals surface area contributed by atoms with Gasteiger partial charge in [0, 0.05) is 13.0 Å². The Hall–Kier alpha value is -1.50. The smallest absolute Gasteiger partial charge is 0.219 e. The number of hydrogen-bond donors (Lipinski definition) is 4. The van der Waals surface area contributed by atoms with Crippen LogP contribution in [0.4, 0.5) is 4.39 Å². The van der Waals surface area contributed by atoms with Gasteiger partial charge >= 0.3 is 0 Å². The molecule has 1 heterocycles. The molecule has 0 aliphatic carbocycles. The second-order valence-corrected chi connectivity index (χ2v) is 6.45. The van der Waals surface area contributed by atoms with E-state index < -0.39 is 23.9 Å². The summed E-state index contributed by atoms with van der Waals surface area (Å²) < 4.78 is 14.8. The molecule has 4 N–H and O–H groups in total. The lowest BCUT2D eigenvalue weighted by molar-refractivity contribution is -0.121. The van der Waals surface area contributed by atoms with Crippen LogP contribution in [0, 0.1) is 0 Å². The van der Waals surface area contributed by atoms with Crippen LogP contribution in [0.25, 0.3) is 0 Å². The van der Waals surface area contributed by atoms with Gasteiger partial charge in [-0.1, -0.05) is 37.3 Å². The average molecular weight is 338 g/mol. The second kappa shape index (κ2) is 8.55. The molecular formula is C18H27FN2O3. The summed E-state index contributed by atoms with van der Waals surface area (Å²) in [4.78, 5) is 11.6. The van der Waals surface area contributed by atoms with Gasteiger partial charge in [-0.3, -0.25) is 10.1 Å². The highest BCUT2D eigenvalue weighted by Gasteiger charge is 2.52. The number of aliphatic hydroxyl groups is 2. The zero-order valence-corrected chi connectivity index (χ0v) is 14.0. The number of aliphatic hydroxyl groups excluding tert-OH is 2. The van der Waals surface area contributed by atoms with Gasteiger partial charge in [0.1, 0.15) is 12.3 Å². The molecule has 0 radical (unpaired) electrons. The van der Waals surface area contributed by atoms with E-state index in [9.17, 15) is 19.4 Å². The zero-order chi connectivity index (χ0) is 17.6. The van der Waals surface area contributed by atoms with Crippen molar-refractivity contribution in [3.63, 3.8) is 0 Å². The van der Waals surface area contributed by atoms with Gasteiger partial charge in [-0.25, -0.2) is 4.39 Å².